The van der Waals surface area contributed by atoms with Crippen LogP contribution in [0, 0.1) is 0 Å². The number of aliphatic hydroxyl groups excluding tert-OH is 2. The average molecular weight is 926 g/mol. The van der Waals surface area contributed by atoms with Gasteiger partial charge >= 0.3 is 0 Å². The molecule has 2 aliphatic heterocycles. The number of nitrogens with zero attached hydrogens (tertiary/aromatic N) is 4. The van der Waals surface area contributed by atoms with E-state index in [1.807, 2.05) is 0 Å². The van der Waals surface area contributed by atoms with Crippen molar-refractivity contribution in [3.8, 4) is 0 Å². The van der Waals surface area contributed by atoms with E-state index in [0.717, 1.165) is 82.1 Å². The Hall–Kier alpha value is -1.23. The molecule has 6 fully saturated rings. The Bertz CT molecular complexity index is 1650. The van der Waals surface area contributed by atoms with E-state index in [4.69, 9.17) is 85.5 Å². The van der Waals surface area contributed by atoms with Crippen molar-refractivity contribution in [1.82, 2.24) is 19.9 Å². The molecule has 0 aromatic carbocycles. The first-order valence-electron chi connectivity index (χ1n) is 20.7. The van der Waals surface area contributed by atoms with Crippen LogP contribution < -0.4 is 22.5 Å². The third-order valence-corrected chi connectivity index (χ3v) is 14.0. The normalized spacial score (nSPS) is 29.6. The zero-order valence-corrected chi connectivity index (χ0v) is 37.6. The third-order valence-electron chi connectivity index (χ3n) is 11.1. The van der Waals surface area contributed by atoms with Crippen molar-refractivity contribution in [3.05, 3.63) is 15.5 Å². The molecule has 2 spiro atoms. The lowest BCUT2D eigenvalue weighted by molar-refractivity contribution is -0.188. The van der Waals surface area contributed by atoms with E-state index in [9.17, 15) is 5.11 Å². The molecule has 8 atom stereocenters. The minimum Gasteiger partial charge on any atom is -0.394 e. The first-order valence-corrected chi connectivity index (χ1v) is 23.8. The maximum Gasteiger partial charge on any atom is 0.191 e. The van der Waals surface area contributed by atoms with Crippen molar-refractivity contribution >= 4 is 75.5 Å². The van der Waals surface area contributed by atoms with Gasteiger partial charge in [-0.15, -0.1) is 0 Å². The number of halogens is 3. The van der Waals surface area contributed by atoms with Gasteiger partial charge in [0.2, 0.25) is 0 Å². The zero-order chi connectivity index (χ0) is 42.2. The number of hydrogen-bond donors (Lipinski definition) is 6. The molecule has 4 aliphatic carbocycles. The molecule has 0 amide bonds. The molecule has 0 bridgehead atoms. The number of anilines is 3. The fraction of sp³-hybridized carbons (Fsp3) is 0.789. The van der Waals surface area contributed by atoms with Crippen LogP contribution in [-0.2, 0) is 28.4 Å². The van der Waals surface area contributed by atoms with Gasteiger partial charge in [0.15, 0.2) is 43.2 Å². The van der Waals surface area contributed by atoms with E-state index >= 15 is 0 Å². The van der Waals surface area contributed by atoms with Crippen LogP contribution in [0.1, 0.15) is 90.9 Å². The monoisotopic (exact) mass is 924 g/mol. The first-order chi connectivity index (χ1) is 28.4. The van der Waals surface area contributed by atoms with Crippen molar-refractivity contribution in [2.24, 2.45) is 5.73 Å². The highest BCUT2D eigenvalue weighted by Crippen LogP contribution is 2.49. The Balaban J connectivity index is 0.000000165. The molecular formula is C38H59Cl3N8O8S2. The van der Waals surface area contributed by atoms with Crippen molar-refractivity contribution < 1.29 is 38.6 Å². The van der Waals surface area contributed by atoms with Gasteiger partial charge in [0.25, 0.3) is 0 Å². The van der Waals surface area contributed by atoms with Gasteiger partial charge in [-0.25, -0.2) is 19.9 Å². The summed E-state index contributed by atoms with van der Waals surface area (Å²) in [5.41, 5.74) is 18.3. The SMILES string of the molecule is CCCSc1nc(Cl)c(N)c(Cl)n1.CCCSc1nc(Cl)c(N)c(NC2C[C@H](OCCO)[C@H]3OC4(CCCC4)O[C@@H]23)n1.N[C@@H]1C[C@H](OCCO)[C@H]2OC3(CCCC3)O[C@H]21. The van der Waals surface area contributed by atoms with Gasteiger partial charge in [0.05, 0.1) is 44.7 Å². The number of ether oxygens (including phenoxy) is 6. The van der Waals surface area contributed by atoms with Crippen LogP contribution in [0.5, 0.6) is 0 Å². The minimum atomic E-state index is -0.506. The average Bonchev–Trinajstić information content (AvgIpc) is 4.10. The minimum absolute atomic E-state index is 0.0105. The van der Waals surface area contributed by atoms with E-state index in [1.165, 1.54) is 11.8 Å². The van der Waals surface area contributed by atoms with Crippen LogP contribution in [0.4, 0.5) is 17.2 Å². The second kappa shape index (κ2) is 21.9. The van der Waals surface area contributed by atoms with E-state index in [0.29, 0.717) is 34.8 Å². The molecule has 332 valence electrons. The van der Waals surface area contributed by atoms with Crippen molar-refractivity contribution in [1.29, 1.82) is 0 Å². The van der Waals surface area contributed by atoms with E-state index in [2.05, 4.69) is 39.1 Å². The fourth-order valence-corrected chi connectivity index (χ4v) is 10.5. The standard InChI is InChI=1S/C19H29ClN4O4S.C12H21NO4.C7H9Cl2N3S/c1-2-9-29-18-23-16(20)13(21)17(24-18)22-11-10-12(26-8-7-25)15-14(11)27-19(28-15)5-3-4-6-19;13-8-7-9(15-6-5-14)11-10(8)16-12(17-11)3-1-2-4-12;1-2-3-13-7-11-5(8)4(10)6(9)12-7/h11-12,14-15,25H,2-10,21H2,1H3,(H,22,23,24);8-11,14H,1-7,13H2;2-3,10H2,1H3/t11?,12-,14-,15+;8-,9+,10+,11-;/m01./s1. The molecule has 2 saturated heterocycles. The number of nitrogen functional groups attached to an aromatic ring is 2. The summed E-state index contributed by atoms with van der Waals surface area (Å²) >= 11 is 20.8. The first kappa shape index (κ1) is 47.3. The second-order valence-electron chi connectivity index (χ2n) is 15.5. The molecule has 4 heterocycles. The van der Waals surface area contributed by atoms with Crippen LogP contribution in [-0.4, -0.2) is 128 Å². The van der Waals surface area contributed by atoms with Crippen LogP contribution in [0.2, 0.25) is 15.5 Å². The molecule has 0 radical (unpaired) electrons. The molecule has 21 heteroatoms. The van der Waals surface area contributed by atoms with Crippen LogP contribution in [0.3, 0.4) is 0 Å². The number of nitrogens with two attached hydrogens (primary N) is 3. The Morgan fingerprint density at radius 3 is 1.63 bits per heavy atom. The van der Waals surface area contributed by atoms with Crippen molar-refractivity contribution in [3.63, 3.8) is 0 Å². The number of aromatic nitrogens is 4. The van der Waals surface area contributed by atoms with E-state index < -0.39 is 5.79 Å². The fourth-order valence-electron chi connectivity index (χ4n) is 8.38. The summed E-state index contributed by atoms with van der Waals surface area (Å²) in [6.45, 7) is 4.81. The summed E-state index contributed by atoms with van der Waals surface area (Å²) in [6.07, 6.45) is 11.2. The summed E-state index contributed by atoms with van der Waals surface area (Å²) < 4.78 is 36.5. The van der Waals surface area contributed by atoms with Crippen LogP contribution in [0.25, 0.3) is 0 Å². The summed E-state index contributed by atoms with van der Waals surface area (Å²) in [4.78, 5) is 16.8. The second-order valence-corrected chi connectivity index (χ2v) is 18.7. The summed E-state index contributed by atoms with van der Waals surface area (Å²) in [5.74, 6) is 1.48. The zero-order valence-electron chi connectivity index (χ0n) is 33.7. The van der Waals surface area contributed by atoms with Crippen molar-refractivity contribution in [2.45, 2.75) is 161 Å². The van der Waals surface area contributed by atoms with Crippen LogP contribution >= 0.6 is 58.3 Å². The molecule has 16 nitrogen and oxygen atoms in total. The molecule has 1 unspecified atom stereocenters. The van der Waals surface area contributed by atoms with Gasteiger partial charge in [-0.2, -0.15) is 0 Å². The van der Waals surface area contributed by atoms with Gasteiger partial charge < -0.3 is 61.2 Å². The van der Waals surface area contributed by atoms with Gasteiger partial charge in [0, 0.05) is 43.2 Å². The molecule has 59 heavy (non-hydrogen) atoms. The maximum atomic E-state index is 9.18. The number of nitrogens with one attached hydrogen (secondary N) is 1. The molecule has 9 N–H and O–H groups in total. The molecular weight excluding hydrogens is 867 g/mol. The number of aliphatic hydroxyl groups is 2. The molecule has 8 rings (SSSR count). The summed E-state index contributed by atoms with van der Waals surface area (Å²) in [5, 5.41) is 23.3. The highest BCUT2D eigenvalue weighted by atomic mass is 35.5. The largest absolute Gasteiger partial charge is 0.394 e. The third kappa shape index (κ3) is 11.7. The van der Waals surface area contributed by atoms with Gasteiger partial charge in [-0.05, 0) is 51.4 Å². The highest BCUT2D eigenvalue weighted by molar-refractivity contribution is 7.99. The smallest absolute Gasteiger partial charge is 0.191 e. The quantitative estimate of drug-likeness (QED) is 0.0741. The highest BCUT2D eigenvalue weighted by Gasteiger charge is 2.59. The Morgan fingerprint density at radius 2 is 1.12 bits per heavy atom. The Labute approximate surface area is 369 Å². The summed E-state index contributed by atoms with van der Waals surface area (Å²) in [7, 11) is 0. The Kier molecular flexibility index (Phi) is 17.5. The summed E-state index contributed by atoms with van der Waals surface area (Å²) in [6, 6.07) is -0.0929. The lowest BCUT2D eigenvalue weighted by Crippen LogP contribution is -2.35. The molecule has 2 aromatic rings. The lowest BCUT2D eigenvalue weighted by atomic mass is 10.2. The Morgan fingerprint density at radius 1 is 0.678 bits per heavy atom. The van der Waals surface area contributed by atoms with Crippen molar-refractivity contribution in [2.75, 3.05) is 54.7 Å². The predicted octanol–water partition coefficient (Wildman–Crippen LogP) is 5.85. The predicted molar refractivity (Wildman–Crippen MR) is 230 cm³/mol. The molecule has 6 aliphatic rings. The van der Waals surface area contributed by atoms with Crippen LogP contribution in [0.15, 0.2) is 10.3 Å². The number of fused-ring (bicyclic) bond motifs is 2. The van der Waals surface area contributed by atoms with Gasteiger partial charge in [-0.1, -0.05) is 72.2 Å². The lowest BCUT2D eigenvalue weighted by Gasteiger charge is -2.27. The topological polar surface area (TPSA) is 237 Å². The number of rotatable bonds is 14. The molecule has 2 aromatic heterocycles. The van der Waals surface area contributed by atoms with E-state index in [-0.39, 0.29) is 95.5 Å². The van der Waals surface area contributed by atoms with Gasteiger partial charge in [-0.3, -0.25) is 0 Å². The van der Waals surface area contributed by atoms with E-state index in [1.54, 1.807) is 11.8 Å². The number of thioether (sulfide) groups is 2. The number of hydrogen-bond acceptors (Lipinski definition) is 18. The maximum absolute atomic E-state index is 9.18. The molecule has 4 saturated carbocycles. The van der Waals surface area contributed by atoms with Gasteiger partial charge in [0.1, 0.15) is 35.8 Å².